The second-order valence-electron chi connectivity index (χ2n) is 8.60. The molecule has 0 saturated carbocycles. The van der Waals surface area contributed by atoms with E-state index in [0.29, 0.717) is 32.7 Å². The summed E-state index contributed by atoms with van der Waals surface area (Å²) in [5, 5.41) is 41.3. The van der Waals surface area contributed by atoms with Crippen LogP contribution in [0.3, 0.4) is 0 Å². The highest BCUT2D eigenvalue weighted by molar-refractivity contribution is 6.20. The maximum atomic E-state index is 12.3. The Bertz CT molecular complexity index is 1670. The van der Waals surface area contributed by atoms with Crippen LogP contribution < -0.4 is 0 Å². The van der Waals surface area contributed by atoms with E-state index in [1.807, 2.05) is 0 Å². The van der Waals surface area contributed by atoms with Crippen LogP contribution in [0.15, 0.2) is 84.9 Å². The number of hydrogen-bond acceptors (Lipinski definition) is 4. The Kier molecular flexibility index (Phi) is 5.85. The van der Waals surface area contributed by atoms with Crippen LogP contribution >= 0.6 is 0 Å². The Labute approximate surface area is 214 Å². The molecule has 0 bridgehead atoms. The molecule has 8 heteroatoms. The SMILES string of the molecule is O=C(O)c1cc2cc3c(-c4ccccc4)c(C(=O)O)c(C(=O)O)cc3cc2c(-c2ccccc2)c1C(=O)O. The summed E-state index contributed by atoms with van der Waals surface area (Å²) >= 11 is 0. The van der Waals surface area contributed by atoms with E-state index in [9.17, 15) is 39.6 Å². The van der Waals surface area contributed by atoms with Crippen molar-refractivity contribution in [3.8, 4) is 22.3 Å². The summed E-state index contributed by atoms with van der Waals surface area (Å²) in [5.41, 5.74) is -0.415. The van der Waals surface area contributed by atoms with Gasteiger partial charge < -0.3 is 20.4 Å². The van der Waals surface area contributed by atoms with E-state index < -0.39 is 46.1 Å². The molecule has 8 nitrogen and oxygen atoms in total. The molecule has 5 aromatic rings. The van der Waals surface area contributed by atoms with E-state index in [4.69, 9.17) is 0 Å². The lowest BCUT2D eigenvalue weighted by Crippen LogP contribution is -2.12. The first-order valence-corrected chi connectivity index (χ1v) is 11.3. The van der Waals surface area contributed by atoms with E-state index in [2.05, 4.69) is 0 Å². The fraction of sp³-hybridized carbons (Fsp3) is 0. The largest absolute Gasteiger partial charge is 0.478 e. The summed E-state index contributed by atoms with van der Waals surface area (Å²) in [4.78, 5) is 49.0. The van der Waals surface area contributed by atoms with Gasteiger partial charge in [0.2, 0.25) is 0 Å². The number of aromatic carboxylic acids is 4. The van der Waals surface area contributed by atoms with Crippen molar-refractivity contribution >= 4 is 45.4 Å². The molecule has 0 fully saturated rings. The maximum absolute atomic E-state index is 12.3. The molecule has 0 aromatic heterocycles. The van der Waals surface area contributed by atoms with Gasteiger partial charge in [-0.05, 0) is 56.9 Å². The smallest absolute Gasteiger partial charge is 0.337 e. The van der Waals surface area contributed by atoms with Crippen molar-refractivity contribution in [3.63, 3.8) is 0 Å². The predicted octanol–water partition coefficient (Wildman–Crippen LogP) is 6.12. The minimum Gasteiger partial charge on any atom is -0.478 e. The fourth-order valence-corrected chi connectivity index (χ4v) is 4.89. The van der Waals surface area contributed by atoms with Crippen LogP contribution in [-0.2, 0) is 0 Å². The minimum atomic E-state index is -1.43. The molecule has 0 aliphatic heterocycles. The molecule has 0 heterocycles. The van der Waals surface area contributed by atoms with Gasteiger partial charge >= 0.3 is 23.9 Å². The van der Waals surface area contributed by atoms with Crippen molar-refractivity contribution in [3.05, 3.63) is 107 Å². The van der Waals surface area contributed by atoms with E-state index in [1.165, 1.54) is 12.1 Å². The summed E-state index contributed by atoms with van der Waals surface area (Å²) in [6.45, 7) is 0. The van der Waals surface area contributed by atoms with Gasteiger partial charge in [-0.15, -0.1) is 0 Å². The van der Waals surface area contributed by atoms with Crippen LogP contribution in [0.25, 0.3) is 43.8 Å². The van der Waals surface area contributed by atoms with Crippen molar-refractivity contribution in [2.24, 2.45) is 0 Å². The van der Waals surface area contributed by atoms with Gasteiger partial charge in [0.05, 0.1) is 22.3 Å². The number of carboxylic acid groups (broad SMARTS) is 4. The zero-order valence-electron chi connectivity index (χ0n) is 19.5. The number of hydrogen-bond donors (Lipinski definition) is 4. The van der Waals surface area contributed by atoms with Crippen molar-refractivity contribution in [1.82, 2.24) is 0 Å². The van der Waals surface area contributed by atoms with Gasteiger partial charge in [-0.3, -0.25) is 0 Å². The average Bonchev–Trinajstić information content (AvgIpc) is 2.90. The van der Waals surface area contributed by atoms with Gasteiger partial charge in [-0.1, -0.05) is 60.7 Å². The van der Waals surface area contributed by atoms with Crippen LogP contribution in [-0.4, -0.2) is 44.3 Å². The molecule has 186 valence electrons. The Hall–Kier alpha value is -5.50. The molecule has 0 atom stereocenters. The standard InChI is InChI=1S/C30H18O8/c31-27(32)21-13-17-12-20-18(11-19(17)23(25(21)29(35)36)15-7-3-1-4-8-15)14-22(28(33)34)26(30(37)38)24(20)16-9-5-2-6-10-16/h1-14H,(H,31,32)(H,33,34)(H,35,36)(H,37,38). The molecule has 0 radical (unpaired) electrons. The number of benzene rings is 5. The van der Waals surface area contributed by atoms with Gasteiger partial charge in [0.15, 0.2) is 0 Å². The number of carboxylic acids is 4. The Morgan fingerprint density at radius 3 is 1.08 bits per heavy atom. The van der Waals surface area contributed by atoms with Crippen molar-refractivity contribution in [2.75, 3.05) is 0 Å². The van der Waals surface area contributed by atoms with Crippen molar-refractivity contribution < 1.29 is 39.6 Å². The Morgan fingerprint density at radius 2 is 0.789 bits per heavy atom. The van der Waals surface area contributed by atoms with Crippen molar-refractivity contribution in [1.29, 1.82) is 0 Å². The predicted molar refractivity (Wildman–Crippen MR) is 140 cm³/mol. The molecule has 38 heavy (non-hydrogen) atoms. The maximum Gasteiger partial charge on any atom is 0.337 e. The van der Waals surface area contributed by atoms with Crippen LogP contribution in [0, 0.1) is 0 Å². The molecule has 4 N–H and O–H groups in total. The van der Waals surface area contributed by atoms with Gasteiger partial charge in [0, 0.05) is 11.1 Å². The lowest BCUT2D eigenvalue weighted by atomic mass is 9.85. The van der Waals surface area contributed by atoms with Gasteiger partial charge in [0.25, 0.3) is 0 Å². The van der Waals surface area contributed by atoms with E-state index in [1.54, 1.807) is 72.8 Å². The average molecular weight is 506 g/mol. The lowest BCUT2D eigenvalue weighted by molar-refractivity contribution is 0.0652. The number of rotatable bonds is 6. The van der Waals surface area contributed by atoms with E-state index >= 15 is 0 Å². The molecule has 0 spiro atoms. The monoisotopic (exact) mass is 506 g/mol. The zero-order chi connectivity index (χ0) is 27.1. The van der Waals surface area contributed by atoms with Crippen LogP contribution in [0.2, 0.25) is 0 Å². The third-order valence-electron chi connectivity index (χ3n) is 6.41. The molecular formula is C30H18O8. The molecule has 0 aliphatic rings. The van der Waals surface area contributed by atoms with Crippen LogP contribution in [0.1, 0.15) is 41.4 Å². The van der Waals surface area contributed by atoms with Crippen LogP contribution in [0.4, 0.5) is 0 Å². The minimum absolute atomic E-state index is 0.162. The third-order valence-corrected chi connectivity index (χ3v) is 6.41. The fourth-order valence-electron chi connectivity index (χ4n) is 4.89. The molecule has 0 aliphatic carbocycles. The van der Waals surface area contributed by atoms with Crippen LogP contribution in [0.5, 0.6) is 0 Å². The second-order valence-corrected chi connectivity index (χ2v) is 8.60. The second kappa shape index (κ2) is 9.18. The summed E-state index contributed by atoms with van der Waals surface area (Å²) in [6.07, 6.45) is 0. The molecule has 5 aromatic carbocycles. The highest BCUT2D eigenvalue weighted by atomic mass is 16.4. The van der Waals surface area contributed by atoms with Gasteiger partial charge in [-0.2, -0.15) is 0 Å². The number of fused-ring (bicyclic) bond motifs is 2. The molecule has 0 saturated heterocycles. The van der Waals surface area contributed by atoms with E-state index in [0.717, 1.165) is 0 Å². The summed E-state index contributed by atoms with van der Waals surface area (Å²) in [5.74, 6) is -5.73. The highest BCUT2D eigenvalue weighted by Crippen LogP contribution is 2.41. The molecule has 0 unspecified atom stereocenters. The highest BCUT2D eigenvalue weighted by Gasteiger charge is 2.27. The molecular weight excluding hydrogens is 488 g/mol. The van der Waals surface area contributed by atoms with Gasteiger partial charge in [-0.25, -0.2) is 19.2 Å². The first-order valence-electron chi connectivity index (χ1n) is 11.3. The third kappa shape index (κ3) is 3.90. The zero-order valence-corrected chi connectivity index (χ0v) is 19.5. The molecule has 5 rings (SSSR count). The van der Waals surface area contributed by atoms with E-state index in [-0.39, 0.29) is 11.1 Å². The first-order chi connectivity index (χ1) is 18.2. The topological polar surface area (TPSA) is 149 Å². The normalized spacial score (nSPS) is 10.9. The summed E-state index contributed by atoms with van der Waals surface area (Å²) in [7, 11) is 0. The Morgan fingerprint density at radius 1 is 0.447 bits per heavy atom. The van der Waals surface area contributed by atoms with Crippen molar-refractivity contribution in [2.45, 2.75) is 0 Å². The number of carbonyl (C=O) groups is 4. The van der Waals surface area contributed by atoms with Gasteiger partial charge in [0.1, 0.15) is 0 Å². The Balaban J connectivity index is 2.05. The lowest BCUT2D eigenvalue weighted by Gasteiger charge is -2.18. The quantitative estimate of drug-likeness (QED) is 0.201. The molecule has 0 amide bonds. The summed E-state index contributed by atoms with van der Waals surface area (Å²) in [6, 6.07) is 22.5. The summed E-state index contributed by atoms with van der Waals surface area (Å²) < 4.78 is 0. The first kappa shape index (κ1) is 24.2.